The zero-order chi connectivity index (χ0) is 24.9. The third-order valence-corrected chi connectivity index (χ3v) is 7.35. The lowest BCUT2D eigenvalue weighted by atomic mass is 10.1. The monoisotopic (exact) mass is 509 g/mol. The lowest BCUT2D eigenvalue weighted by Crippen LogP contribution is -2.52. The molecule has 0 bridgehead atoms. The van der Waals surface area contributed by atoms with Gasteiger partial charge >= 0.3 is 0 Å². The molecule has 0 radical (unpaired) electrons. The van der Waals surface area contributed by atoms with Crippen LogP contribution in [0.1, 0.15) is 38.2 Å². The molecule has 0 saturated heterocycles. The number of hydrogen-bond acceptors (Lipinski definition) is 4. The van der Waals surface area contributed by atoms with Gasteiger partial charge in [0.2, 0.25) is 21.8 Å². The predicted molar refractivity (Wildman–Crippen MR) is 130 cm³/mol. The summed E-state index contributed by atoms with van der Waals surface area (Å²) in [6, 6.07) is 11.1. The molecule has 2 aromatic carbocycles. The Hall–Kier alpha value is -2.65. The van der Waals surface area contributed by atoms with E-state index in [2.05, 4.69) is 5.32 Å². The first-order chi connectivity index (χ1) is 16.1. The summed E-state index contributed by atoms with van der Waals surface area (Å²) in [5, 5.41) is 3.38. The number of anilines is 1. The molecule has 2 aromatic rings. The zero-order valence-electron chi connectivity index (χ0n) is 19.2. The fraction of sp³-hybridized carbons (Fsp3) is 0.417. The van der Waals surface area contributed by atoms with Gasteiger partial charge in [-0.3, -0.25) is 13.9 Å². The van der Waals surface area contributed by atoms with Crippen LogP contribution in [0.25, 0.3) is 0 Å². The lowest BCUT2D eigenvalue weighted by molar-refractivity contribution is -0.139. The normalized spacial score (nSPS) is 15.1. The average Bonchev–Trinajstić information content (AvgIpc) is 3.29. The molecule has 3 rings (SSSR count). The summed E-state index contributed by atoms with van der Waals surface area (Å²) >= 11 is 5.91. The number of amides is 2. The van der Waals surface area contributed by atoms with Crippen molar-refractivity contribution in [1.29, 1.82) is 0 Å². The summed E-state index contributed by atoms with van der Waals surface area (Å²) in [6.07, 6.45) is 4.80. The number of carbonyl (C=O) groups excluding carboxylic acids is 2. The van der Waals surface area contributed by atoms with Gasteiger partial charge in [-0.05, 0) is 50.1 Å². The maximum absolute atomic E-state index is 14.4. The molecule has 0 heterocycles. The third-order valence-electron chi connectivity index (χ3n) is 5.96. The zero-order valence-corrected chi connectivity index (χ0v) is 20.8. The molecule has 0 aliphatic heterocycles. The van der Waals surface area contributed by atoms with Crippen molar-refractivity contribution in [2.24, 2.45) is 0 Å². The van der Waals surface area contributed by atoms with Crippen LogP contribution in [0.4, 0.5) is 10.1 Å². The molecule has 0 aromatic heterocycles. The quantitative estimate of drug-likeness (QED) is 0.558. The molecule has 1 N–H and O–H groups in total. The van der Waals surface area contributed by atoms with E-state index < -0.39 is 34.3 Å². The maximum atomic E-state index is 14.4. The van der Waals surface area contributed by atoms with E-state index in [0.717, 1.165) is 36.2 Å². The number of rotatable bonds is 9. The van der Waals surface area contributed by atoms with Crippen LogP contribution in [0.15, 0.2) is 48.5 Å². The van der Waals surface area contributed by atoms with Gasteiger partial charge in [-0.25, -0.2) is 12.8 Å². The second-order valence-electron chi connectivity index (χ2n) is 8.53. The van der Waals surface area contributed by atoms with E-state index in [-0.39, 0.29) is 29.7 Å². The second-order valence-corrected chi connectivity index (χ2v) is 10.9. The van der Waals surface area contributed by atoms with Crippen LogP contribution < -0.4 is 9.62 Å². The number of sulfonamides is 1. The van der Waals surface area contributed by atoms with Gasteiger partial charge < -0.3 is 10.2 Å². The van der Waals surface area contributed by atoms with Gasteiger partial charge in [0.05, 0.1) is 11.9 Å². The van der Waals surface area contributed by atoms with Gasteiger partial charge in [0.15, 0.2) is 0 Å². The first kappa shape index (κ1) is 26.0. The average molecular weight is 510 g/mol. The molecule has 7 nitrogen and oxygen atoms in total. The first-order valence-electron chi connectivity index (χ1n) is 11.1. The third kappa shape index (κ3) is 6.70. The Bertz CT molecular complexity index is 1120. The highest BCUT2D eigenvalue weighted by Gasteiger charge is 2.31. The van der Waals surface area contributed by atoms with Crippen LogP contribution in [0, 0.1) is 5.82 Å². The van der Waals surface area contributed by atoms with Crippen molar-refractivity contribution in [2.75, 3.05) is 17.1 Å². The van der Waals surface area contributed by atoms with Crippen molar-refractivity contribution in [3.8, 4) is 0 Å². The highest BCUT2D eigenvalue weighted by atomic mass is 35.5. The minimum absolute atomic E-state index is 0.0435. The van der Waals surface area contributed by atoms with Gasteiger partial charge in [0.25, 0.3) is 0 Å². The minimum atomic E-state index is -3.84. The standard InChI is InChI=1S/C24H29ClFN3O4S/c1-17(24(31)27-20-8-4-5-9-20)28(15-18-7-3-6-10-22(18)26)23(30)16-29(34(2,32)33)21-13-11-19(25)12-14-21/h3,6-7,10-14,17,20H,4-5,8-9,15-16H2,1-2H3,(H,27,31)/t17-/m1/s1. The predicted octanol–water partition coefficient (Wildman–Crippen LogP) is 3.72. The van der Waals surface area contributed by atoms with Crippen molar-refractivity contribution in [2.45, 2.75) is 51.2 Å². The van der Waals surface area contributed by atoms with Crippen molar-refractivity contribution in [3.63, 3.8) is 0 Å². The topological polar surface area (TPSA) is 86.8 Å². The van der Waals surface area contributed by atoms with E-state index >= 15 is 0 Å². The summed E-state index contributed by atoms with van der Waals surface area (Å²) in [6.45, 7) is 0.842. The van der Waals surface area contributed by atoms with Gasteiger partial charge in [0, 0.05) is 23.2 Å². The molecule has 1 saturated carbocycles. The molecule has 1 atom stereocenters. The molecular formula is C24H29ClFN3O4S. The summed E-state index contributed by atoms with van der Waals surface area (Å²) in [4.78, 5) is 27.6. The second kappa shape index (κ2) is 11.2. The number of nitrogens with zero attached hydrogens (tertiary/aromatic N) is 2. The van der Waals surface area contributed by atoms with Crippen LogP contribution in [-0.4, -0.2) is 50.0 Å². The minimum Gasteiger partial charge on any atom is -0.352 e. The molecule has 0 unspecified atom stereocenters. The Morgan fingerprint density at radius 2 is 1.74 bits per heavy atom. The van der Waals surface area contributed by atoms with E-state index in [4.69, 9.17) is 11.6 Å². The van der Waals surface area contributed by atoms with Crippen LogP contribution in [0.5, 0.6) is 0 Å². The highest BCUT2D eigenvalue weighted by molar-refractivity contribution is 7.92. The fourth-order valence-corrected chi connectivity index (χ4v) is 4.98. The van der Waals surface area contributed by atoms with Gasteiger partial charge in [0.1, 0.15) is 18.4 Å². The maximum Gasteiger partial charge on any atom is 0.244 e. The highest BCUT2D eigenvalue weighted by Crippen LogP contribution is 2.22. The van der Waals surface area contributed by atoms with Gasteiger partial charge in [-0.2, -0.15) is 0 Å². The van der Waals surface area contributed by atoms with Crippen LogP contribution in [0.2, 0.25) is 5.02 Å². The van der Waals surface area contributed by atoms with E-state index in [1.165, 1.54) is 47.4 Å². The van der Waals surface area contributed by atoms with Crippen molar-refractivity contribution >= 4 is 39.1 Å². The number of carbonyl (C=O) groups is 2. The Morgan fingerprint density at radius 3 is 2.32 bits per heavy atom. The number of benzene rings is 2. The fourth-order valence-electron chi connectivity index (χ4n) is 4.01. The summed E-state index contributed by atoms with van der Waals surface area (Å²) in [5.41, 5.74) is 0.489. The van der Waals surface area contributed by atoms with E-state index in [1.54, 1.807) is 13.0 Å². The molecule has 1 fully saturated rings. The molecule has 34 heavy (non-hydrogen) atoms. The Labute approximate surface area is 204 Å². The summed E-state index contributed by atoms with van der Waals surface area (Å²) in [5.74, 6) is -1.49. The van der Waals surface area contributed by atoms with Gasteiger partial charge in [-0.1, -0.05) is 42.6 Å². The van der Waals surface area contributed by atoms with Crippen molar-refractivity contribution in [3.05, 3.63) is 64.9 Å². The number of halogens is 2. The van der Waals surface area contributed by atoms with E-state index in [0.29, 0.717) is 5.02 Å². The first-order valence-corrected chi connectivity index (χ1v) is 13.4. The molecular weight excluding hydrogens is 481 g/mol. The molecule has 1 aliphatic carbocycles. The molecule has 1 aliphatic rings. The van der Waals surface area contributed by atoms with Crippen LogP contribution >= 0.6 is 11.6 Å². The SMILES string of the molecule is C[C@H](C(=O)NC1CCCC1)N(Cc1ccccc1F)C(=O)CN(c1ccc(Cl)cc1)S(C)(=O)=O. The Balaban J connectivity index is 1.88. The summed E-state index contributed by atoms with van der Waals surface area (Å²) < 4.78 is 40.4. The lowest BCUT2D eigenvalue weighted by Gasteiger charge is -2.32. The van der Waals surface area contributed by atoms with Crippen LogP contribution in [-0.2, 0) is 26.2 Å². The summed E-state index contributed by atoms with van der Waals surface area (Å²) in [7, 11) is -3.84. The molecule has 0 spiro atoms. The Kier molecular flexibility index (Phi) is 8.54. The molecule has 10 heteroatoms. The van der Waals surface area contributed by atoms with Crippen molar-refractivity contribution < 1.29 is 22.4 Å². The van der Waals surface area contributed by atoms with E-state index in [9.17, 15) is 22.4 Å². The Morgan fingerprint density at radius 1 is 1.12 bits per heavy atom. The largest absolute Gasteiger partial charge is 0.352 e. The van der Waals surface area contributed by atoms with Crippen LogP contribution in [0.3, 0.4) is 0 Å². The molecule has 2 amide bonds. The van der Waals surface area contributed by atoms with E-state index in [1.807, 2.05) is 0 Å². The van der Waals surface area contributed by atoms with Gasteiger partial charge in [-0.15, -0.1) is 0 Å². The molecule has 184 valence electrons. The number of hydrogen-bond donors (Lipinski definition) is 1. The smallest absolute Gasteiger partial charge is 0.244 e. The number of nitrogens with one attached hydrogen (secondary N) is 1. The van der Waals surface area contributed by atoms with Crippen molar-refractivity contribution in [1.82, 2.24) is 10.2 Å².